The van der Waals surface area contributed by atoms with Crippen LogP contribution < -0.4 is 4.72 Å². The van der Waals surface area contributed by atoms with Crippen LogP contribution in [0, 0.1) is 0 Å². The second-order valence-electron chi connectivity index (χ2n) is 4.34. The molecular weight excluding hydrogens is 274 g/mol. The Morgan fingerprint density at radius 1 is 1.56 bits per heavy atom. The summed E-state index contributed by atoms with van der Waals surface area (Å²) in [4.78, 5) is 0.864. The summed E-state index contributed by atoms with van der Waals surface area (Å²) in [6.45, 7) is -0.135. The number of hydrogen-bond donors (Lipinski definition) is 2. The first-order chi connectivity index (χ1) is 8.56. The van der Waals surface area contributed by atoms with Crippen molar-refractivity contribution in [2.75, 3.05) is 7.11 Å². The minimum Gasteiger partial charge on any atom is -0.391 e. The van der Waals surface area contributed by atoms with E-state index in [2.05, 4.69) is 4.72 Å². The predicted octanol–water partition coefficient (Wildman–Crippen LogP) is 1.09. The fourth-order valence-corrected chi connectivity index (χ4v) is 4.63. The van der Waals surface area contributed by atoms with Gasteiger partial charge in [0.05, 0.1) is 17.6 Å². The van der Waals surface area contributed by atoms with Crippen molar-refractivity contribution in [1.29, 1.82) is 0 Å². The number of methoxy groups -OCH3 is 1. The molecule has 1 aliphatic carbocycles. The van der Waals surface area contributed by atoms with Crippen molar-refractivity contribution in [3.8, 4) is 0 Å². The van der Waals surface area contributed by atoms with E-state index in [1.807, 2.05) is 0 Å². The molecular formula is C11H17NO4S2. The zero-order chi connectivity index (χ0) is 13.2. The first kappa shape index (κ1) is 14.0. The molecule has 1 fully saturated rings. The molecule has 1 saturated carbocycles. The number of nitrogens with one attached hydrogen (secondary N) is 1. The van der Waals surface area contributed by atoms with Gasteiger partial charge in [0.25, 0.3) is 0 Å². The van der Waals surface area contributed by atoms with Crippen LogP contribution in [-0.2, 0) is 21.4 Å². The molecule has 1 heterocycles. The van der Waals surface area contributed by atoms with E-state index in [1.54, 1.807) is 12.5 Å². The smallest absolute Gasteiger partial charge is 0.241 e. The van der Waals surface area contributed by atoms with Gasteiger partial charge in [-0.25, -0.2) is 13.1 Å². The van der Waals surface area contributed by atoms with Gasteiger partial charge in [0, 0.05) is 23.4 Å². The van der Waals surface area contributed by atoms with Crippen LogP contribution in [0.1, 0.15) is 24.1 Å². The molecule has 0 radical (unpaired) electrons. The van der Waals surface area contributed by atoms with Crippen molar-refractivity contribution < 1.29 is 18.3 Å². The van der Waals surface area contributed by atoms with E-state index in [4.69, 9.17) is 9.84 Å². The minimum absolute atomic E-state index is 0.0456. The van der Waals surface area contributed by atoms with E-state index in [-0.39, 0.29) is 23.6 Å². The lowest BCUT2D eigenvalue weighted by molar-refractivity contribution is 0.0916. The maximum atomic E-state index is 12.1. The monoisotopic (exact) mass is 291 g/mol. The van der Waals surface area contributed by atoms with E-state index in [0.29, 0.717) is 4.88 Å². The second kappa shape index (κ2) is 5.66. The summed E-state index contributed by atoms with van der Waals surface area (Å²) in [7, 11) is -1.90. The van der Waals surface area contributed by atoms with Crippen LogP contribution in [0.2, 0.25) is 0 Å². The van der Waals surface area contributed by atoms with Crippen LogP contribution >= 0.6 is 11.3 Å². The Bertz CT molecular complexity index is 497. The number of hydrogen-bond acceptors (Lipinski definition) is 5. The topological polar surface area (TPSA) is 75.6 Å². The first-order valence-corrected chi connectivity index (χ1v) is 8.16. The molecule has 1 aromatic heterocycles. The van der Waals surface area contributed by atoms with Crippen LogP contribution in [0.4, 0.5) is 0 Å². The van der Waals surface area contributed by atoms with E-state index in [9.17, 15) is 8.42 Å². The predicted molar refractivity (Wildman–Crippen MR) is 69.0 cm³/mol. The standard InChI is InChI=1S/C11H17NO4S2/c1-16-11-4-2-3-10(11)12-18(14,15)9-5-8(6-13)17-7-9/h5,7,10-13H,2-4,6H2,1H3. The molecule has 0 aromatic carbocycles. The van der Waals surface area contributed by atoms with Crippen molar-refractivity contribution in [1.82, 2.24) is 4.72 Å². The molecule has 0 bridgehead atoms. The summed E-state index contributed by atoms with van der Waals surface area (Å²) >= 11 is 1.24. The summed E-state index contributed by atoms with van der Waals surface area (Å²) in [5.41, 5.74) is 0. The molecule has 0 saturated heterocycles. The Morgan fingerprint density at radius 3 is 2.94 bits per heavy atom. The van der Waals surface area contributed by atoms with Crippen molar-refractivity contribution in [2.24, 2.45) is 0 Å². The highest BCUT2D eigenvalue weighted by molar-refractivity contribution is 7.89. The number of aliphatic hydroxyl groups excluding tert-OH is 1. The Labute approximate surface area is 111 Å². The van der Waals surface area contributed by atoms with Crippen LogP contribution in [0.25, 0.3) is 0 Å². The van der Waals surface area contributed by atoms with E-state index < -0.39 is 10.0 Å². The molecule has 5 nitrogen and oxygen atoms in total. The fraction of sp³-hybridized carbons (Fsp3) is 0.636. The normalized spacial score (nSPS) is 24.6. The van der Waals surface area contributed by atoms with Crippen LogP contribution in [0.5, 0.6) is 0 Å². The highest BCUT2D eigenvalue weighted by Crippen LogP contribution is 2.25. The molecule has 2 atom stereocenters. The SMILES string of the molecule is COC1CCCC1NS(=O)(=O)c1csc(CO)c1. The molecule has 0 amide bonds. The molecule has 7 heteroatoms. The maximum absolute atomic E-state index is 12.1. The Hall–Kier alpha value is -0.470. The summed E-state index contributed by atoms with van der Waals surface area (Å²) in [6, 6.07) is 1.35. The lowest BCUT2D eigenvalue weighted by Gasteiger charge is -2.19. The van der Waals surface area contributed by atoms with Crippen molar-refractivity contribution >= 4 is 21.4 Å². The minimum atomic E-state index is -3.51. The highest BCUT2D eigenvalue weighted by atomic mass is 32.2. The zero-order valence-electron chi connectivity index (χ0n) is 10.1. The molecule has 1 aliphatic rings. The number of rotatable bonds is 5. The highest BCUT2D eigenvalue weighted by Gasteiger charge is 2.31. The van der Waals surface area contributed by atoms with Gasteiger partial charge in [-0.05, 0) is 25.3 Å². The summed E-state index contributed by atoms with van der Waals surface area (Å²) in [6.07, 6.45) is 2.61. The molecule has 18 heavy (non-hydrogen) atoms. The molecule has 2 N–H and O–H groups in total. The number of ether oxygens (including phenoxy) is 1. The molecule has 1 aromatic rings. The van der Waals surface area contributed by atoms with E-state index >= 15 is 0 Å². The molecule has 2 unspecified atom stereocenters. The maximum Gasteiger partial charge on any atom is 0.241 e. The second-order valence-corrected chi connectivity index (χ2v) is 7.05. The largest absolute Gasteiger partial charge is 0.391 e. The number of thiophene rings is 1. The quantitative estimate of drug-likeness (QED) is 0.851. The first-order valence-electron chi connectivity index (χ1n) is 5.80. The van der Waals surface area contributed by atoms with Gasteiger partial charge in [-0.15, -0.1) is 11.3 Å². The van der Waals surface area contributed by atoms with Crippen molar-refractivity contribution in [3.63, 3.8) is 0 Å². The summed E-state index contributed by atoms with van der Waals surface area (Å²) in [5.74, 6) is 0. The number of sulfonamides is 1. The van der Waals surface area contributed by atoms with E-state index in [0.717, 1.165) is 19.3 Å². The van der Waals surface area contributed by atoms with Gasteiger partial charge in [0.15, 0.2) is 0 Å². The van der Waals surface area contributed by atoms with E-state index in [1.165, 1.54) is 17.4 Å². The fourth-order valence-electron chi connectivity index (χ4n) is 2.19. The average molecular weight is 291 g/mol. The van der Waals surface area contributed by atoms with Gasteiger partial charge in [0.1, 0.15) is 0 Å². The lowest BCUT2D eigenvalue weighted by atomic mass is 10.2. The molecule has 0 aliphatic heterocycles. The Morgan fingerprint density at radius 2 is 2.33 bits per heavy atom. The summed E-state index contributed by atoms with van der Waals surface area (Å²) < 4.78 is 32.2. The third kappa shape index (κ3) is 2.92. The average Bonchev–Trinajstić information content (AvgIpc) is 2.96. The van der Waals surface area contributed by atoms with Crippen molar-refractivity contribution in [2.45, 2.75) is 42.9 Å². The Kier molecular flexibility index (Phi) is 4.39. The van der Waals surface area contributed by atoms with Gasteiger partial charge in [-0.1, -0.05) is 0 Å². The van der Waals surface area contributed by atoms with Crippen LogP contribution in [0.15, 0.2) is 16.3 Å². The third-order valence-electron chi connectivity index (χ3n) is 3.16. The van der Waals surface area contributed by atoms with Gasteiger partial charge < -0.3 is 9.84 Å². The zero-order valence-corrected chi connectivity index (χ0v) is 11.8. The van der Waals surface area contributed by atoms with Gasteiger partial charge in [-0.3, -0.25) is 0 Å². The molecule has 0 spiro atoms. The third-order valence-corrected chi connectivity index (χ3v) is 5.70. The van der Waals surface area contributed by atoms with Gasteiger partial charge in [0.2, 0.25) is 10.0 Å². The van der Waals surface area contributed by atoms with Crippen molar-refractivity contribution in [3.05, 3.63) is 16.3 Å². The molecule has 2 rings (SSSR count). The lowest BCUT2D eigenvalue weighted by Crippen LogP contribution is -2.40. The van der Waals surface area contributed by atoms with Gasteiger partial charge >= 0.3 is 0 Å². The van der Waals surface area contributed by atoms with Gasteiger partial charge in [-0.2, -0.15) is 0 Å². The van der Waals surface area contributed by atoms with Crippen LogP contribution in [-0.4, -0.2) is 32.8 Å². The molecule has 102 valence electrons. The number of aliphatic hydroxyl groups is 1. The Balaban J connectivity index is 2.11. The van der Waals surface area contributed by atoms with Crippen LogP contribution in [0.3, 0.4) is 0 Å². The summed E-state index contributed by atoms with van der Waals surface area (Å²) in [5, 5.41) is 10.5.